The van der Waals surface area contributed by atoms with Crippen molar-refractivity contribution in [3.63, 3.8) is 0 Å². The SMILES string of the molecule is N[C@H](CC(=O)N1CCOCC1)C1CC1. The molecule has 1 saturated heterocycles. The minimum absolute atomic E-state index is 0.0883. The van der Waals surface area contributed by atoms with E-state index in [2.05, 4.69) is 0 Å². The Kier molecular flexibility index (Phi) is 3.03. The van der Waals surface area contributed by atoms with Gasteiger partial charge in [0.15, 0.2) is 0 Å². The Morgan fingerprint density at radius 3 is 2.64 bits per heavy atom. The van der Waals surface area contributed by atoms with Gasteiger partial charge in [0.25, 0.3) is 0 Å². The maximum absolute atomic E-state index is 11.7. The summed E-state index contributed by atoms with van der Waals surface area (Å²) in [4.78, 5) is 13.6. The first-order valence-corrected chi connectivity index (χ1v) is 5.38. The predicted octanol–water partition coefficient (Wildman–Crippen LogP) is -0.0274. The van der Waals surface area contributed by atoms with Crippen LogP contribution in [-0.2, 0) is 9.53 Å². The molecule has 1 heterocycles. The number of hydrogen-bond donors (Lipinski definition) is 1. The second-order valence-electron chi connectivity index (χ2n) is 4.20. The third kappa shape index (κ3) is 2.45. The van der Waals surface area contributed by atoms with Crippen molar-refractivity contribution >= 4 is 5.91 Å². The second kappa shape index (κ2) is 4.28. The van der Waals surface area contributed by atoms with Crippen molar-refractivity contribution in [1.29, 1.82) is 0 Å². The Hall–Kier alpha value is -0.610. The molecule has 2 N–H and O–H groups in total. The highest BCUT2D eigenvalue weighted by Crippen LogP contribution is 2.32. The van der Waals surface area contributed by atoms with Crippen LogP contribution >= 0.6 is 0 Å². The second-order valence-corrected chi connectivity index (χ2v) is 4.20. The normalized spacial score (nSPS) is 24.8. The molecule has 0 spiro atoms. The molecule has 4 nitrogen and oxygen atoms in total. The summed E-state index contributed by atoms with van der Waals surface area (Å²) >= 11 is 0. The number of amides is 1. The fourth-order valence-corrected chi connectivity index (χ4v) is 1.83. The third-order valence-corrected chi connectivity index (χ3v) is 3.00. The van der Waals surface area contributed by atoms with Crippen LogP contribution in [0.4, 0.5) is 0 Å². The molecule has 2 aliphatic rings. The van der Waals surface area contributed by atoms with E-state index in [1.54, 1.807) is 0 Å². The van der Waals surface area contributed by atoms with E-state index in [-0.39, 0.29) is 11.9 Å². The Morgan fingerprint density at radius 2 is 2.07 bits per heavy atom. The van der Waals surface area contributed by atoms with Crippen LogP contribution in [0.15, 0.2) is 0 Å². The topological polar surface area (TPSA) is 55.6 Å². The molecule has 14 heavy (non-hydrogen) atoms. The van der Waals surface area contributed by atoms with E-state index in [0.29, 0.717) is 25.6 Å². The van der Waals surface area contributed by atoms with Crippen LogP contribution in [0.1, 0.15) is 19.3 Å². The van der Waals surface area contributed by atoms with Gasteiger partial charge < -0.3 is 15.4 Å². The molecule has 2 rings (SSSR count). The molecule has 2 fully saturated rings. The van der Waals surface area contributed by atoms with Gasteiger partial charge in [0.2, 0.25) is 5.91 Å². The first-order chi connectivity index (χ1) is 6.77. The summed E-state index contributed by atoms with van der Waals surface area (Å²) in [5.41, 5.74) is 5.91. The Bertz CT molecular complexity index is 210. The lowest BCUT2D eigenvalue weighted by atomic mass is 10.1. The zero-order valence-electron chi connectivity index (χ0n) is 8.45. The van der Waals surface area contributed by atoms with Gasteiger partial charge in [0.05, 0.1) is 13.2 Å². The molecule has 1 amide bonds. The van der Waals surface area contributed by atoms with Crippen molar-refractivity contribution in [2.24, 2.45) is 11.7 Å². The fraction of sp³-hybridized carbons (Fsp3) is 0.900. The Labute approximate surface area is 84.4 Å². The predicted molar refractivity (Wildman–Crippen MR) is 52.7 cm³/mol. The molecule has 0 radical (unpaired) electrons. The highest BCUT2D eigenvalue weighted by molar-refractivity contribution is 5.77. The number of nitrogens with two attached hydrogens (primary N) is 1. The van der Waals surface area contributed by atoms with Crippen molar-refractivity contribution < 1.29 is 9.53 Å². The molecular formula is C10H18N2O2. The van der Waals surface area contributed by atoms with Crippen molar-refractivity contribution in [3.8, 4) is 0 Å². The van der Waals surface area contributed by atoms with Crippen molar-refractivity contribution in [2.45, 2.75) is 25.3 Å². The zero-order chi connectivity index (χ0) is 9.97. The third-order valence-electron chi connectivity index (χ3n) is 3.00. The number of carbonyl (C=O) groups is 1. The van der Waals surface area contributed by atoms with Crippen molar-refractivity contribution in [1.82, 2.24) is 4.90 Å². The van der Waals surface area contributed by atoms with Crippen LogP contribution in [0.3, 0.4) is 0 Å². The largest absolute Gasteiger partial charge is 0.378 e. The summed E-state index contributed by atoms with van der Waals surface area (Å²) in [6, 6.07) is 0.0883. The summed E-state index contributed by atoms with van der Waals surface area (Å²) in [7, 11) is 0. The average Bonchev–Trinajstić information content (AvgIpc) is 3.02. The van der Waals surface area contributed by atoms with Gasteiger partial charge in [0, 0.05) is 25.6 Å². The van der Waals surface area contributed by atoms with Crippen molar-refractivity contribution in [3.05, 3.63) is 0 Å². The summed E-state index contributed by atoms with van der Waals surface area (Å²) in [6.07, 6.45) is 2.93. The molecule has 0 aromatic carbocycles. The first-order valence-electron chi connectivity index (χ1n) is 5.38. The molecule has 80 valence electrons. The summed E-state index contributed by atoms with van der Waals surface area (Å²) in [5, 5.41) is 0. The number of ether oxygens (including phenoxy) is 1. The van der Waals surface area contributed by atoms with Crippen LogP contribution in [0, 0.1) is 5.92 Å². The highest BCUT2D eigenvalue weighted by atomic mass is 16.5. The van der Waals surface area contributed by atoms with E-state index in [1.807, 2.05) is 4.90 Å². The molecular weight excluding hydrogens is 180 g/mol. The quantitative estimate of drug-likeness (QED) is 0.693. The number of carbonyl (C=O) groups excluding carboxylic acids is 1. The molecule has 1 atom stereocenters. The van der Waals surface area contributed by atoms with E-state index in [1.165, 1.54) is 12.8 Å². The summed E-state index contributed by atoms with van der Waals surface area (Å²) in [6.45, 7) is 2.81. The zero-order valence-corrected chi connectivity index (χ0v) is 8.45. The van der Waals surface area contributed by atoms with E-state index in [0.717, 1.165) is 13.1 Å². The minimum atomic E-state index is 0.0883. The number of hydrogen-bond acceptors (Lipinski definition) is 3. The van der Waals surface area contributed by atoms with Gasteiger partial charge in [-0.1, -0.05) is 0 Å². The smallest absolute Gasteiger partial charge is 0.224 e. The summed E-state index contributed by atoms with van der Waals surface area (Å²) < 4.78 is 5.19. The number of nitrogens with zero attached hydrogens (tertiary/aromatic N) is 1. The Morgan fingerprint density at radius 1 is 1.43 bits per heavy atom. The molecule has 0 bridgehead atoms. The molecule has 0 unspecified atom stereocenters. The van der Waals surface area contributed by atoms with Crippen LogP contribution < -0.4 is 5.73 Å². The van der Waals surface area contributed by atoms with E-state index < -0.39 is 0 Å². The molecule has 1 aliphatic carbocycles. The van der Waals surface area contributed by atoms with Crippen LogP contribution in [0.5, 0.6) is 0 Å². The van der Waals surface area contributed by atoms with E-state index in [9.17, 15) is 4.79 Å². The number of rotatable bonds is 3. The molecule has 1 saturated carbocycles. The van der Waals surface area contributed by atoms with E-state index in [4.69, 9.17) is 10.5 Å². The maximum atomic E-state index is 11.7. The first kappa shape index (κ1) is 9.93. The van der Waals surface area contributed by atoms with Crippen LogP contribution in [-0.4, -0.2) is 43.2 Å². The lowest BCUT2D eigenvalue weighted by molar-refractivity contribution is -0.135. The highest BCUT2D eigenvalue weighted by Gasteiger charge is 2.31. The molecule has 1 aliphatic heterocycles. The van der Waals surface area contributed by atoms with Gasteiger partial charge in [-0.3, -0.25) is 4.79 Å². The molecule has 4 heteroatoms. The lowest BCUT2D eigenvalue weighted by Gasteiger charge is -2.27. The minimum Gasteiger partial charge on any atom is -0.378 e. The molecule has 0 aromatic rings. The van der Waals surface area contributed by atoms with Crippen LogP contribution in [0.2, 0.25) is 0 Å². The number of morpholine rings is 1. The van der Waals surface area contributed by atoms with Gasteiger partial charge in [-0.05, 0) is 18.8 Å². The van der Waals surface area contributed by atoms with Crippen molar-refractivity contribution in [2.75, 3.05) is 26.3 Å². The van der Waals surface area contributed by atoms with Gasteiger partial charge in [-0.2, -0.15) is 0 Å². The van der Waals surface area contributed by atoms with Gasteiger partial charge in [-0.15, -0.1) is 0 Å². The van der Waals surface area contributed by atoms with Gasteiger partial charge in [-0.25, -0.2) is 0 Å². The lowest BCUT2D eigenvalue weighted by Crippen LogP contribution is -2.43. The van der Waals surface area contributed by atoms with E-state index >= 15 is 0 Å². The standard InChI is InChI=1S/C10H18N2O2/c11-9(8-1-2-8)7-10(13)12-3-5-14-6-4-12/h8-9H,1-7,11H2/t9-/m1/s1. The van der Waals surface area contributed by atoms with Gasteiger partial charge >= 0.3 is 0 Å². The summed E-state index contributed by atoms with van der Waals surface area (Å²) in [5.74, 6) is 0.813. The maximum Gasteiger partial charge on any atom is 0.224 e. The van der Waals surface area contributed by atoms with Crippen LogP contribution in [0.25, 0.3) is 0 Å². The van der Waals surface area contributed by atoms with Gasteiger partial charge in [0.1, 0.15) is 0 Å². The Balaban J connectivity index is 1.75. The monoisotopic (exact) mass is 198 g/mol. The fourth-order valence-electron chi connectivity index (χ4n) is 1.83. The molecule has 0 aromatic heterocycles. The average molecular weight is 198 g/mol.